The number of nitrogens with one attached hydrogen (secondary N) is 1. The van der Waals surface area contributed by atoms with E-state index in [4.69, 9.17) is 10.2 Å². The van der Waals surface area contributed by atoms with E-state index in [1.807, 2.05) is 0 Å². The molecule has 0 spiro atoms. The van der Waals surface area contributed by atoms with Crippen LogP contribution in [0.15, 0.2) is 4.42 Å². The summed E-state index contributed by atoms with van der Waals surface area (Å²) >= 11 is 0. The molecule has 1 aliphatic rings. The van der Waals surface area contributed by atoms with E-state index in [0.717, 1.165) is 18.4 Å². The van der Waals surface area contributed by atoms with E-state index in [1.54, 1.807) is 0 Å². The molecule has 1 aromatic heterocycles. The van der Waals surface area contributed by atoms with Gasteiger partial charge in [-0.2, -0.15) is 0 Å². The molecule has 2 rings (SSSR count). The highest BCUT2D eigenvalue weighted by Crippen LogP contribution is 2.30. The molecule has 1 aliphatic carbocycles. The van der Waals surface area contributed by atoms with Crippen molar-refractivity contribution in [2.75, 3.05) is 18.4 Å². The van der Waals surface area contributed by atoms with E-state index in [1.165, 1.54) is 19.3 Å². The minimum absolute atomic E-state index is 0.531. The van der Waals surface area contributed by atoms with Crippen LogP contribution in [-0.4, -0.2) is 23.3 Å². The second kappa shape index (κ2) is 5.30. The summed E-state index contributed by atoms with van der Waals surface area (Å²) in [5.41, 5.74) is 5.41. The molecule has 0 radical (unpaired) electrons. The van der Waals surface area contributed by atoms with E-state index in [-0.39, 0.29) is 0 Å². The smallest absolute Gasteiger partial charge is 0.315 e. The number of hydrogen-bond acceptors (Lipinski definition) is 5. The van der Waals surface area contributed by atoms with Gasteiger partial charge in [-0.05, 0) is 24.7 Å². The van der Waals surface area contributed by atoms with Crippen LogP contribution in [0.5, 0.6) is 0 Å². The highest BCUT2D eigenvalue weighted by atomic mass is 16.4. The first-order valence-electron chi connectivity index (χ1n) is 6.04. The van der Waals surface area contributed by atoms with Gasteiger partial charge in [-0.15, -0.1) is 5.10 Å². The van der Waals surface area contributed by atoms with Gasteiger partial charge in [0.15, 0.2) is 0 Å². The molecule has 90 valence electrons. The lowest BCUT2D eigenvalue weighted by atomic mass is 10.1. The Morgan fingerprint density at radius 2 is 2.31 bits per heavy atom. The first-order chi connectivity index (χ1) is 7.78. The second-order valence-corrected chi connectivity index (χ2v) is 4.70. The lowest BCUT2D eigenvalue weighted by molar-refractivity contribution is 0.490. The van der Waals surface area contributed by atoms with Crippen molar-refractivity contribution in [1.29, 1.82) is 0 Å². The number of nitrogens with two attached hydrogens (primary N) is 1. The van der Waals surface area contributed by atoms with Crippen molar-refractivity contribution in [3.8, 4) is 0 Å². The summed E-state index contributed by atoms with van der Waals surface area (Å²) in [6.45, 7) is 3.79. The number of aromatic nitrogens is 2. The zero-order valence-electron chi connectivity index (χ0n) is 9.78. The Morgan fingerprint density at radius 3 is 3.00 bits per heavy atom. The van der Waals surface area contributed by atoms with Gasteiger partial charge in [0.25, 0.3) is 0 Å². The van der Waals surface area contributed by atoms with Gasteiger partial charge in [-0.3, -0.25) is 0 Å². The van der Waals surface area contributed by atoms with Crippen molar-refractivity contribution < 1.29 is 4.42 Å². The molecule has 3 N–H and O–H groups in total. The molecule has 5 heteroatoms. The lowest BCUT2D eigenvalue weighted by Crippen LogP contribution is -2.11. The molecule has 1 saturated carbocycles. The Kier molecular flexibility index (Phi) is 3.77. The summed E-state index contributed by atoms with van der Waals surface area (Å²) in [7, 11) is 0. The standard InChI is InChI=1S/C11H20N4O/c1-8-2-3-9(6-8)7-13-11-15-14-10(16-11)4-5-12/h8-9H,2-7,12H2,1H3,(H,13,15). The first kappa shape index (κ1) is 11.4. The van der Waals surface area contributed by atoms with Crippen LogP contribution < -0.4 is 11.1 Å². The fourth-order valence-corrected chi connectivity index (χ4v) is 2.29. The minimum Gasteiger partial charge on any atom is -0.408 e. The third-order valence-electron chi connectivity index (χ3n) is 3.17. The molecule has 1 heterocycles. The van der Waals surface area contributed by atoms with Crippen molar-refractivity contribution in [1.82, 2.24) is 10.2 Å². The lowest BCUT2D eigenvalue weighted by Gasteiger charge is -2.08. The summed E-state index contributed by atoms with van der Waals surface area (Å²) in [4.78, 5) is 0. The predicted molar refractivity (Wildman–Crippen MR) is 62.1 cm³/mol. The Hall–Kier alpha value is -1.10. The van der Waals surface area contributed by atoms with Crippen LogP contribution in [-0.2, 0) is 6.42 Å². The maximum atomic E-state index is 5.41. The van der Waals surface area contributed by atoms with Crippen LogP contribution in [0.3, 0.4) is 0 Å². The molecule has 5 nitrogen and oxygen atoms in total. The van der Waals surface area contributed by atoms with Crippen LogP contribution in [0.25, 0.3) is 0 Å². The largest absolute Gasteiger partial charge is 0.408 e. The fraction of sp³-hybridized carbons (Fsp3) is 0.818. The van der Waals surface area contributed by atoms with E-state index < -0.39 is 0 Å². The van der Waals surface area contributed by atoms with Gasteiger partial charge in [-0.1, -0.05) is 18.4 Å². The highest BCUT2D eigenvalue weighted by Gasteiger charge is 2.21. The van der Waals surface area contributed by atoms with E-state index >= 15 is 0 Å². The molecule has 0 saturated heterocycles. The molecular formula is C11H20N4O. The van der Waals surface area contributed by atoms with E-state index in [0.29, 0.717) is 24.9 Å². The van der Waals surface area contributed by atoms with Crippen molar-refractivity contribution in [3.63, 3.8) is 0 Å². The average molecular weight is 224 g/mol. The molecule has 0 amide bonds. The topological polar surface area (TPSA) is 77.0 Å². The summed E-state index contributed by atoms with van der Waals surface area (Å²) in [5.74, 6) is 2.23. The summed E-state index contributed by atoms with van der Waals surface area (Å²) < 4.78 is 5.40. The third kappa shape index (κ3) is 2.95. The van der Waals surface area contributed by atoms with Crippen molar-refractivity contribution in [2.24, 2.45) is 17.6 Å². The summed E-state index contributed by atoms with van der Waals surface area (Å²) in [5, 5.41) is 11.0. The Morgan fingerprint density at radius 1 is 1.44 bits per heavy atom. The van der Waals surface area contributed by atoms with Gasteiger partial charge in [0.2, 0.25) is 5.89 Å². The van der Waals surface area contributed by atoms with E-state index in [9.17, 15) is 0 Å². The Labute approximate surface area is 95.8 Å². The van der Waals surface area contributed by atoms with Gasteiger partial charge in [0.05, 0.1) is 0 Å². The molecule has 2 atom stereocenters. The van der Waals surface area contributed by atoms with Gasteiger partial charge in [0, 0.05) is 19.5 Å². The maximum absolute atomic E-state index is 5.41. The quantitative estimate of drug-likeness (QED) is 0.791. The molecular weight excluding hydrogens is 204 g/mol. The van der Waals surface area contributed by atoms with Crippen LogP contribution in [0, 0.1) is 11.8 Å². The molecule has 2 unspecified atom stereocenters. The molecule has 1 fully saturated rings. The monoisotopic (exact) mass is 224 g/mol. The van der Waals surface area contributed by atoms with Crippen molar-refractivity contribution in [2.45, 2.75) is 32.6 Å². The number of nitrogens with zero attached hydrogens (tertiary/aromatic N) is 2. The molecule has 0 aromatic carbocycles. The predicted octanol–water partition coefficient (Wildman–Crippen LogP) is 1.42. The summed E-state index contributed by atoms with van der Waals surface area (Å²) in [6.07, 6.45) is 4.60. The van der Waals surface area contributed by atoms with Crippen LogP contribution >= 0.6 is 0 Å². The maximum Gasteiger partial charge on any atom is 0.315 e. The number of rotatable bonds is 5. The summed E-state index contributed by atoms with van der Waals surface area (Å²) in [6, 6.07) is 0.531. The Bertz CT molecular complexity index is 326. The zero-order valence-corrected chi connectivity index (χ0v) is 9.78. The van der Waals surface area contributed by atoms with Crippen molar-refractivity contribution in [3.05, 3.63) is 5.89 Å². The molecule has 1 aromatic rings. The zero-order chi connectivity index (χ0) is 11.4. The van der Waals surface area contributed by atoms with Gasteiger partial charge in [-0.25, -0.2) is 0 Å². The fourth-order valence-electron chi connectivity index (χ4n) is 2.29. The molecule has 16 heavy (non-hydrogen) atoms. The van der Waals surface area contributed by atoms with Gasteiger partial charge >= 0.3 is 6.01 Å². The van der Waals surface area contributed by atoms with Crippen LogP contribution in [0.1, 0.15) is 32.1 Å². The highest BCUT2D eigenvalue weighted by molar-refractivity contribution is 5.17. The first-order valence-corrected chi connectivity index (χ1v) is 6.04. The normalized spacial score (nSPS) is 24.9. The Balaban J connectivity index is 1.76. The second-order valence-electron chi connectivity index (χ2n) is 4.70. The number of hydrogen-bond donors (Lipinski definition) is 2. The van der Waals surface area contributed by atoms with Gasteiger partial charge < -0.3 is 15.5 Å². The molecule has 0 bridgehead atoms. The van der Waals surface area contributed by atoms with Crippen LogP contribution in [0.2, 0.25) is 0 Å². The SMILES string of the molecule is CC1CCC(CNc2nnc(CCN)o2)C1. The van der Waals surface area contributed by atoms with Gasteiger partial charge in [0.1, 0.15) is 0 Å². The third-order valence-corrected chi connectivity index (χ3v) is 3.17. The van der Waals surface area contributed by atoms with E-state index in [2.05, 4.69) is 22.4 Å². The molecule has 0 aliphatic heterocycles. The average Bonchev–Trinajstić information content (AvgIpc) is 2.85. The minimum atomic E-state index is 0.531. The van der Waals surface area contributed by atoms with Crippen molar-refractivity contribution >= 4 is 6.01 Å². The number of anilines is 1. The van der Waals surface area contributed by atoms with Crippen LogP contribution in [0.4, 0.5) is 6.01 Å².